The van der Waals surface area contributed by atoms with Gasteiger partial charge in [-0.1, -0.05) is 0 Å². The van der Waals surface area contributed by atoms with Gasteiger partial charge in [0.1, 0.15) is 0 Å². The lowest BCUT2D eigenvalue weighted by atomic mass is 10.6. The van der Waals surface area contributed by atoms with Crippen molar-refractivity contribution in [2.45, 2.75) is 0 Å². The monoisotopic (exact) mass is 102 g/mol. The second-order valence-electron chi connectivity index (χ2n) is 0.931. The first kappa shape index (κ1) is 6.14. The summed E-state index contributed by atoms with van der Waals surface area (Å²) in [6, 6.07) is 0. The van der Waals surface area contributed by atoms with Gasteiger partial charge in [-0.25, -0.2) is 0 Å². The Hall–Kier alpha value is -0.860. The first-order chi connectivity index (χ1) is 3.31. The van der Waals surface area contributed by atoms with E-state index in [1.165, 1.54) is 7.05 Å². The van der Waals surface area contributed by atoms with Gasteiger partial charge in [0.2, 0.25) is 0 Å². The summed E-state index contributed by atoms with van der Waals surface area (Å²) in [6.45, 7) is 0. The van der Waals surface area contributed by atoms with Crippen molar-refractivity contribution in [2.75, 3.05) is 7.05 Å². The van der Waals surface area contributed by atoms with E-state index in [0.717, 1.165) is 12.3 Å². The minimum absolute atomic E-state index is 0.491. The maximum Gasteiger partial charge on any atom is 0.188 e. The molecule has 40 valence electrons. The lowest BCUT2D eigenvalue weighted by molar-refractivity contribution is 0.575. The lowest BCUT2D eigenvalue weighted by Crippen LogP contribution is -1.99. The lowest BCUT2D eigenvalue weighted by Gasteiger charge is -1.86. The molecule has 0 spiro atoms. The zero-order valence-electron chi connectivity index (χ0n) is 4.03. The van der Waals surface area contributed by atoms with Gasteiger partial charge in [0, 0.05) is 19.3 Å². The van der Waals surface area contributed by atoms with Crippen LogP contribution in [0.5, 0.6) is 0 Å². The Morgan fingerprint density at radius 1 is 1.86 bits per heavy atom. The third kappa shape index (κ3) is 2.96. The molecule has 0 unspecified atom stereocenters. The van der Waals surface area contributed by atoms with Gasteiger partial charge in [-0.05, 0) is 0 Å². The maximum atomic E-state index is 11.7. The van der Waals surface area contributed by atoms with Gasteiger partial charge in [0.15, 0.2) is 5.95 Å². The van der Waals surface area contributed by atoms with Gasteiger partial charge in [-0.2, -0.15) is 4.39 Å². The van der Waals surface area contributed by atoms with Crippen LogP contribution in [0.2, 0.25) is 0 Å². The number of hydrogen-bond donors (Lipinski definition) is 2. The van der Waals surface area contributed by atoms with E-state index < -0.39 is 5.95 Å². The fraction of sp³-hybridized carbons (Fsp3) is 0.250. The van der Waals surface area contributed by atoms with Crippen LogP contribution in [0.25, 0.3) is 0 Å². The van der Waals surface area contributed by atoms with Gasteiger partial charge >= 0.3 is 0 Å². The molecule has 0 aromatic carbocycles. The zero-order valence-corrected chi connectivity index (χ0v) is 4.03. The van der Waals surface area contributed by atoms with Crippen molar-refractivity contribution in [3.63, 3.8) is 0 Å². The third-order valence-corrected chi connectivity index (χ3v) is 0.468. The van der Waals surface area contributed by atoms with Gasteiger partial charge in [0.05, 0.1) is 0 Å². The summed E-state index contributed by atoms with van der Waals surface area (Å²) in [5.74, 6) is -0.491. The Labute approximate surface area is 41.5 Å². The van der Waals surface area contributed by atoms with Gasteiger partial charge in [-0.15, -0.1) is 0 Å². The average molecular weight is 102 g/mol. The van der Waals surface area contributed by atoms with Crippen molar-refractivity contribution in [2.24, 2.45) is 0 Å². The predicted octanol–water partition coefficient (Wildman–Crippen LogP) is 0.666. The van der Waals surface area contributed by atoms with Crippen LogP contribution >= 0.6 is 0 Å². The molecule has 0 amide bonds. The van der Waals surface area contributed by atoms with Crippen molar-refractivity contribution < 1.29 is 4.39 Å². The quantitative estimate of drug-likeness (QED) is 0.390. The molecule has 0 aromatic rings. The van der Waals surface area contributed by atoms with E-state index in [9.17, 15) is 4.39 Å². The first-order valence-electron chi connectivity index (χ1n) is 1.85. The molecule has 0 aliphatic heterocycles. The van der Waals surface area contributed by atoms with Crippen LogP contribution in [-0.2, 0) is 0 Å². The minimum Gasteiger partial charge on any atom is -0.365 e. The summed E-state index contributed by atoms with van der Waals surface area (Å²) in [7, 11) is 1.45. The molecule has 0 aromatic heterocycles. The SMILES string of the molecule is CN/C(F)=C\C=N. The molecule has 0 heterocycles. The highest BCUT2D eigenvalue weighted by Crippen LogP contribution is 1.82. The van der Waals surface area contributed by atoms with Crippen LogP contribution in [0, 0.1) is 5.41 Å². The van der Waals surface area contributed by atoms with Crippen LogP contribution in [0.3, 0.4) is 0 Å². The number of allylic oxidation sites excluding steroid dienone is 1. The van der Waals surface area contributed by atoms with E-state index in [-0.39, 0.29) is 0 Å². The van der Waals surface area contributed by atoms with Crippen LogP contribution in [0.1, 0.15) is 0 Å². The Morgan fingerprint density at radius 2 is 2.43 bits per heavy atom. The molecule has 2 nitrogen and oxygen atoms in total. The van der Waals surface area contributed by atoms with E-state index in [1.54, 1.807) is 0 Å². The highest BCUT2D eigenvalue weighted by Gasteiger charge is 1.78. The van der Waals surface area contributed by atoms with Crippen molar-refractivity contribution >= 4 is 6.21 Å². The average Bonchev–Trinajstić information content (AvgIpc) is 1.68. The Balaban J connectivity index is 3.49. The van der Waals surface area contributed by atoms with Crippen molar-refractivity contribution in [1.82, 2.24) is 5.32 Å². The van der Waals surface area contributed by atoms with Gasteiger partial charge in [-0.3, -0.25) is 0 Å². The van der Waals surface area contributed by atoms with E-state index in [2.05, 4.69) is 5.32 Å². The molecule has 0 fully saturated rings. The smallest absolute Gasteiger partial charge is 0.188 e. The molecule has 0 saturated heterocycles. The molecule has 0 atom stereocenters. The molecule has 0 bridgehead atoms. The fourth-order valence-corrected chi connectivity index (χ4v) is 0.156. The summed E-state index contributed by atoms with van der Waals surface area (Å²) in [6.07, 6.45) is 1.91. The largest absolute Gasteiger partial charge is 0.365 e. The summed E-state index contributed by atoms with van der Waals surface area (Å²) in [4.78, 5) is 0. The predicted molar refractivity (Wildman–Crippen MR) is 27.0 cm³/mol. The molecule has 0 radical (unpaired) electrons. The molecule has 0 aliphatic rings. The zero-order chi connectivity index (χ0) is 5.70. The van der Waals surface area contributed by atoms with E-state index in [0.29, 0.717) is 0 Å². The topological polar surface area (TPSA) is 35.9 Å². The third-order valence-electron chi connectivity index (χ3n) is 0.468. The maximum absolute atomic E-state index is 11.7. The van der Waals surface area contributed by atoms with Crippen molar-refractivity contribution in [3.05, 3.63) is 12.0 Å². The summed E-state index contributed by atoms with van der Waals surface area (Å²) in [5, 5.41) is 8.56. The summed E-state index contributed by atoms with van der Waals surface area (Å²) < 4.78 is 11.7. The molecule has 0 saturated carbocycles. The Kier molecular flexibility index (Phi) is 2.92. The number of hydrogen-bond acceptors (Lipinski definition) is 2. The molecule has 2 N–H and O–H groups in total. The molecule has 7 heavy (non-hydrogen) atoms. The normalized spacial score (nSPS) is 10.9. The van der Waals surface area contributed by atoms with Crippen LogP contribution in [-0.4, -0.2) is 13.3 Å². The highest BCUT2D eigenvalue weighted by atomic mass is 19.1. The van der Waals surface area contributed by atoms with Crippen LogP contribution in [0.4, 0.5) is 4.39 Å². The number of rotatable bonds is 2. The number of nitrogens with one attached hydrogen (secondary N) is 2. The molecular weight excluding hydrogens is 95.1 g/mol. The summed E-state index contributed by atoms with van der Waals surface area (Å²) >= 11 is 0. The van der Waals surface area contributed by atoms with E-state index in [4.69, 9.17) is 5.41 Å². The molecule has 0 aliphatic carbocycles. The molecule has 0 rings (SSSR count). The van der Waals surface area contributed by atoms with Crippen molar-refractivity contribution in [3.8, 4) is 0 Å². The van der Waals surface area contributed by atoms with Gasteiger partial charge in [0.25, 0.3) is 0 Å². The summed E-state index contributed by atoms with van der Waals surface area (Å²) in [5.41, 5.74) is 0. The number of halogens is 1. The van der Waals surface area contributed by atoms with Gasteiger partial charge < -0.3 is 10.7 Å². The Morgan fingerprint density at radius 3 is 2.57 bits per heavy atom. The molecule has 3 heteroatoms. The second-order valence-corrected chi connectivity index (χ2v) is 0.931. The first-order valence-corrected chi connectivity index (χ1v) is 1.85. The minimum atomic E-state index is -0.491. The second kappa shape index (κ2) is 3.33. The highest BCUT2D eigenvalue weighted by molar-refractivity contribution is 5.68. The van der Waals surface area contributed by atoms with Crippen molar-refractivity contribution in [1.29, 1.82) is 5.41 Å². The fourth-order valence-electron chi connectivity index (χ4n) is 0.156. The van der Waals surface area contributed by atoms with Crippen LogP contribution < -0.4 is 5.32 Å². The molecular formula is C4H7FN2. The van der Waals surface area contributed by atoms with E-state index >= 15 is 0 Å². The van der Waals surface area contributed by atoms with Crippen LogP contribution in [0.15, 0.2) is 12.0 Å². The standard InChI is InChI=1S/C4H7FN2/c1-7-4(5)2-3-6/h2-3,6-7H,1H3/b4-2-,6-3?. The Bertz CT molecular complexity index is 87.7. The van der Waals surface area contributed by atoms with E-state index in [1.807, 2.05) is 0 Å².